The van der Waals surface area contributed by atoms with E-state index >= 15 is 0 Å². The zero-order chi connectivity index (χ0) is 14.9. The van der Waals surface area contributed by atoms with Crippen LogP contribution in [0.5, 0.6) is 5.75 Å². The number of hydrogen-bond donors (Lipinski definition) is 0. The predicted molar refractivity (Wildman–Crippen MR) is 80.6 cm³/mol. The highest BCUT2D eigenvalue weighted by atomic mass is 35.5. The second-order valence-corrected chi connectivity index (χ2v) is 5.74. The van der Waals surface area contributed by atoms with Crippen LogP contribution in [0, 0.1) is 0 Å². The van der Waals surface area contributed by atoms with E-state index in [-0.39, 0.29) is 12.4 Å². The fourth-order valence-electron chi connectivity index (χ4n) is 2.65. The first kappa shape index (κ1) is 14.1. The van der Waals surface area contributed by atoms with Gasteiger partial charge in [0.1, 0.15) is 16.9 Å². The first-order valence-corrected chi connectivity index (χ1v) is 7.30. The number of fused-ring (bicyclic) bond motifs is 1. The Balaban J connectivity index is 1.94. The van der Waals surface area contributed by atoms with E-state index in [1.165, 1.54) is 7.11 Å². The molecule has 1 aliphatic carbocycles. The summed E-state index contributed by atoms with van der Waals surface area (Å²) in [6, 6.07) is 7.36. The summed E-state index contributed by atoms with van der Waals surface area (Å²) in [4.78, 5) is 15.9. The predicted octanol–water partition coefficient (Wildman–Crippen LogP) is 3.75. The second-order valence-electron chi connectivity index (χ2n) is 5.34. The molecule has 0 aliphatic heterocycles. The molecule has 110 valence electrons. The molecule has 1 aliphatic rings. The fourth-order valence-corrected chi connectivity index (χ4v) is 2.86. The molecule has 0 spiro atoms. The summed E-state index contributed by atoms with van der Waals surface area (Å²) in [6.45, 7) is 0. The summed E-state index contributed by atoms with van der Waals surface area (Å²) in [5, 5.41) is 1.49. The number of benzene rings is 1. The summed E-state index contributed by atoms with van der Waals surface area (Å²) < 4.78 is 10.9. The molecule has 0 saturated heterocycles. The van der Waals surface area contributed by atoms with Gasteiger partial charge in [-0.25, -0.2) is 0 Å². The van der Waals surface area contributed by atoms with Crippen molar-refractivity contribution in [3.8, 4) is 5.75 Å². The Morgan fingerprint density at radius 1 is 1.38 bits per heavy atom. The molecule has 4 nitrogen and oxygen atoms in total. The molecule has 3 rings (SSSR count). The lowest BCUT2D eigenvalue weighted by Gasteiger charge is -2.41. The smallest absolute Gasteiger partial charge is 0.309 e. The Kier molecular flexibility index (Phi) is 3.72. The quantitative estimate of drug-likeness (QED) is 0.807. The maximum Gasteiger partial charge on any atom is 0.309 e. The van der Waals surface area contributed by atoms with Gasteiger partial charge in [0, 0.05) is 11.6 Å². The Labute approximate surface area is 128 Å². The van der Waals surface area contributed by atoms with E-state index in [0.717, 1.165) is 30.2 Å². The van der Waals surface area contributed by atoms with Crippen LogP contribution in [-0.4, -0.2) is 23.7 Å². The van der Waals surface area contributed by atoms with Gasteiger partial charge >= 0.3 is 5.97 Å². The first-order valence-electron chi connectivity index (χ1n) is 6.93. The van der Waals surface area contributed by atoms with Crippen molar-refractivity contribution < 1.29 is 14.3 Å². The Morgan fingerprint density at radius 2 is 2.19 bits per heavy atom. The van der Waals surface area contributed by atoms with Gasteiger partial charge in [0.25, 0.3) is 0 Å². The van der Waals surface area contributed by atoms with Crippen LogP contribution in [0.25, 0.3) is 10.9 Å². The lowest BCUT2D eigenvalue weighted by atomic mass is 9.77. The number of ether oxygens (including phenoxy) is 2. The van der Waals surface area contributed by atoms with Crippen molar-refractivity contribution in [2.45, 2.75) is 31.3 Å². The van der Waals surface area contributed by atoms with Crippen molar-refractivity contribution in [3.05, 3.63) is 35.5 Å². The van der Waals surface area contributed by atoms with Crippen LogP contribution in [-0.2, 0) is 9.53 Å². The van der Waals surface area contributed by atoms with Crippen LogP contribution in [0.3, 0.4) is 0 Å². The van der Waals surface area contributed by atoms with Gasteiger partial charge in [0.2, 0.25) is 0 Å². The number of nitrogens with zero attached hydrogens (tertiary/aromatic N) is 1. The van der Waals surface area contributed by atoms with Gasteiger partial charge in [0.05, 0.1) is 18.6 Å². The first-order chi connectivity index (χ1) is 10.1. The molecule has 0 atom stereocenters. The van der Waals surface area contributed by atoms with Crippen molar-refractivity contribution in [1.29, 1.82) is 0 Å². The van der Waals surface area contributed by atoms with Crippen molar-refractivity contribution in [1.82, 2.24) is 4.98 Å². The molecular formula is C16H16ClNO3. The minimum Gasteiger partial charge on any atom is -0.484 e. The van der Waals surface area contributed by atoms with E-state index in [1.54, 1.807) is 12.3 Å². The minimum atomic E-state index is -0.467. The number of carbonyl (C=O) groups is 1. The zero-order valence-corrected chi connectivity index (χ0v) is 12.5. The van der Waals surface area contributed by atoms with E-state index in [4.69, 9.17) is 21.1 Å². The number of methoxy groups -OCH3 is 1. The van der Waals surface area contributed by atoms with Crippen LogP contribution in [0.4, 0.5) is 0 Å². The van der Waals surface area contributed by atoms with Crippen LogP contribution in [0.2, 0.25) is 5.02 Å². The average molecular weight is 306 g/mol. The molecule has 0 bridgehead atoms. The van der Waals surface area contributed by atoms with E-state index in [1.807, 2.05) is 18.2 Å². The molecular weight excluding hydrogens is 290 g/mol. The van der Waals surface area contributed by atoms with Crippen molar-refractivity contribution in [2.24, 2.45) is 0 Å². The number of esters is 1. The summed E-state index contributed by atoms with van der Waals surface area (Å²) in [6.07, 6.45) is 4.72. The van der Waals surface area contributed by atoms with Crippen molar-refractivity contribution in [3.63, 3.8) is 0 Å². The molecule has 0 radical (unpaired) electrons. The molecule has 21 heavy (non-hydrogen) atoms. The summed E-state index contributed by atoms with van der Waals surface area (Å²) in [5.74, 6) is 0.416. The number of pyridine rings is 1. The van der Waals surface area contributed by atoms with Crippen LogP contribution in [0.15, 0.2) is 30.5 Å². The van der Waals surface area contributed by atoms with Gasteiger partial charge < -0.3 is 9.47 Å². The minimum absolute atomic E-state index is 0.249. The Bertz CT molecular complexity index is 682. The van der Waals surface area contributed by atoms with E-state index < -0.39 is 5.60 Å². The standard InChI is InChI=1S/C16H16ClNO3/c1-20-14(19)10-16(7-3-8-16)21-13-6-5-12(17)11-4-2-9-18-15(11)13/h2,4-6,9H,3,7-8,10H2,1H3. The van der Waals surface area contributed by atoms with Crippen LogP contribution >= 0.6 is 11.6 Å². The molecule has 1 fully saturated rings. The van der Waals surface area contributed by atoms with E-state index in [0.29, 0.717) is 10.8 Å². The zero-order valence-electron chi connectivity index (χ0n) is 11.8. The van der Waals surface area contributed by atoms with Gasteiger partial charge in [-0.2, -0.15) is 0 Å². The Morgan fingerprint density at radius 3 is 2.86 bits per heavy atom. The lowest BCUT2D eigenvalue weighted by Crippen LogP contribution is -2.45. The van der Waals surface area contributed by atoms with Gasteiger partial charge in [0.15, 0.2) is 0 Å². The molecule has 1 aromatic heterocycles. The SMILES string of the molecule is COC(=O)CC1(Oc2ccc(Cl)c3cccnc23)CCC1. The monoisotopic (exact) mass is 305 g/mol. The normalized spacial score (nSPS) is 16.3. The van der Waals surface area contributed by atoms with E-state index in [2.05, 4.69) is 4.98 Å². The van der Waals surface area contributed by atoms with Gasteiger partial charge in [-0.1, -0.05) is 11.6 Å². The summed E-state index contributed by atoms with van der Waals surface area (Å²) in [5.41, 5.74) is 0.256. The molecule has 2 aromatic rings. The number of rotatable bonds is 4. The van der Waals surface area contributed by atoms with Gasteiger partial charge in [-0.15, -0.1) is 0 Å². The maximum atomic E-state index is 11.6. The third-order valence-corrected chi connectivity index (χ3v) is 4.29. The summed E-state index contributed by atoms with van der Waals surface area (Å²) in [7, 11) is 1.40. The van der Waals surface area contributed by atoms with Crippen molar-refractivity contribution in [2.75, 3.05) is 7.11 Å². The van der Waals surface area contributed by atoms with E-state index in [9.17, 15) is 4.79 Å². The highest BCUT2D eigenvalue weighted by Gasteiger charge is 2.42. The largest absolute Gasteiger partial charge is 0.484 e. The van der Waals surface area contributed by atoms with Crippen LogP contribution < -0.4 is 4.74 Å². The van der Waals surface area contributed by atoms with Crippen molar-refractivity contribution >= 4 is 28.5 Å². The summed E-state index contributed by atoms with van der Waals surface area (Å²) >= 11 is 6.19. The molecule has 1 heterocycles. The molecule has 0 amide bonds. The maximum absolute atomic E-state index is 11.6. The highest BCUT2D eigenvalue weighted by molar-refractivity contribution is 6.35. The van der Waals surface area contributed by atoms with Gasteiger partial charge in [-0.05, 0) is 43.5 Å². The third-order valence-electron chi connectivity index (χ3n) is 3.96. The highest BCUT2D eigenvalue weighted by Crippen LogP contribution is 2.41. The molecule has 1 saturated carbocycles. The third kappa shape index (κ3) is 2.68. The molecule has 0 unspecified atom stereocenters. The molecule has 5 heteroatoms. The Hall–Kier alpha value is -1.81. The molecule has 0 N–H and O–H groups in total. The fraction of sp³-hybridized carbons (Fsp3) is 0.375. The second kappa shape index (κ2) is 5.53. The lowest BCUT2D eigenvalue weighted by molar-refractivity contribution is -0.148. The topological polar surface area (TPSA) is 48.4 Å². The number of hydrogen-bond acceptors (Lipinski definition) is 4. The number of halogens is 1. The molecule has 1 aromatic carbocycles. The van der Waals surface area contributed by atoms with Gasteiger partial charge in [-0.3, -0.25) is 9.78 Å². The number of aromatic nitrogens is 1. The average Bonchev–Trinajstić information content (AvgIpc) is 2.47. The van der Waals surface area contributed by atoms with Crippen LogP contribution in [0.1, 0.15) is 25.7 Å². The number of carbonyl (C=O) groups excluding carboxylic acids is 1.